The molecule has 0 saturated heterocycles. The van der Waals surface area contributed by atoms with Crippen LogP contribution in [0.25, 0.3) is 11.1 Å². The molecule has 3 N–H and O–H groups in total. The van der Waals surface area contributed by atoms with Crippen LogP contribution in [0.1, 0.15) is 30.4 Å². The topological polar surface area (TPSA) is 116 Å². The maximum absolute atomic E-state index is 9.85. The van der Waals surface area contributed by atoms with Crippen molar-refractivity contribution in [1.29, 1.82) is 10.5 Å². The van der Waals surface area contributed by atoms with Crippen LogP contribution in [0.15, 0.2) is 29.3 Å². The Morgan fingerprint density at radius 3 is 2.40 bits per heavy atom. The van der Waals surface area contributed by atoms with Crippen LogP contribution < -0.4 is 10.5 Å². The minimum Gasteiger partial charge on any atom is -0.488 e. The first-order valence-corrected chi connectivity index (χ1v) is 8.27. The number of thiol groups is 1. The fourth-order valence-corrected chi connectivity index (χ4v) is 3.29. The zero-order valence-electron chi connectivity index (χ0n) is 13.3. The highest BCUT2D eigenvalue weighted by atomic mass is 32.1. The van der Waals surface area contributed by atoms with Crippen LogP contribution in [0.3, 0.4) is 0 Å². The summed E-state index contributed by atoms with van der Waals surface area (Å²) in [7, 11) is 0. The van der Waals surface area contributed by atoms with E-state index in [1.54, 1.807) is 24.3 Å². The quantitative estimate of drug-likeness (QED) is 0.731. The molecule has 3 rings (SSSR count). The summed E-state index contributed by atoms with van der Waals surface area (Å²) >= 11 is 4.19. The molecule has 0 spiro atoms. The Hall–Kier alpha value is -2.74. The molecule has 1 fully saturated rings. The Labute approximate surface area is 150 Å². The molecule has 2 unspecified atom stereocenters. The first-order valence-electron chi connectivity index (χ1n) is 7.83. The number of rotatable bonds is 3. The molecule has 7 heteroatoms. The summed E-state index contributed by atoms with van der Waals surface area (Å²) in [5.74, 6) is 0.663. The van der Waals surface area contributed by atoms with Gasteiger partial charge < -0.3 is 15.6 Å². The number of nitrogen functional groups attached to an aromatic ring is 1. The molecule has 2 aromatic rings. The van der Waals surface area contributed by atoms with Gasteiger partial charge in [0.15, 0.2) is 0 Å². The van der Waals surface area contributed by atoms with Crippen LogP contribution in [-0.2, 0) is 0 Å². The molecule has 1 aliphatic carbocycles. The Morgan fingerprint density at radius 2 is 1.84 bits per heavy atom. The molecule has 1 saturated carbocycles. The van der Waals surface area contributed by atoms with Crippen molar-refractivity contribution in [3.63, 3.8) is 0 Å². The number of pyridine rings is 1. The minimum atomic E-state index is -0.443. The number of anilines is 1. The van der Waals surface area contributed by atoms with E-state index in [2.05, 4.69) is 17.6 Å². The summed E-state index contributed by atoms with van der Waals surface area (Å²) < 4.78 is 5.81. The number of aliphatic hydroxyl groups excluding tert-OH is 1. The fraction of sp³-hybridized carbons (Fsp3) is 0.278. The first kappa shape index (κ1) is 17.1. The molecular formula is C18H16N4O2S. The van der Waals surface area contributed by atoms with Crippen molar-refractivity contribution in [2.45, 2.75) is 36.5 Å². The summed E-state index contributed by atoms with van der Waals surface area (Å²) in [4.78, 5) is 3.94. The maximum atomic E-state index is 9.85. The second kappa shape index (κ2) is 7.02. The molecule has 1 aromatic heterocycles. The molecular weight excluding hydrogens is 336 g/mol. The molecule has 1 heterocycles. The van der Waals surface area contributed by atoms with Gasteiger partial charge in [0.1, 0.15) is 40.4 Å². The lowest BCUT2D eigenvalue weighted by Gasteiger charge is -2.17. The number of benzene rings is 1. The van der Waals surface area contributed by atoms with Crippen LogP contribution in [0, 0.1) is 22.7 Å². The normalized spacial score (nSPS) is 19.2. The number of hydrogen-bond donors (Lipinski definition) is 3. The molecule has 6 nitrogen and oxygen atoms in total. The van der Waals surface area contributed by atoms with Gasteiger partial charge in [0.05, 0.1) is 11.7 Å². The Morgan fingerprint density at radius 1 is 1.16 bits per heavy atom. The van der Waals surface area contributed by atoms with E-state index in [0.717, 1.165) is 19.3 Å². The van der Waals surface area contributed by atoms with E-state index >= 15 is 0 Å². The number of nitriles is 2. The summed E-state index contributed by atoms with van der Waals surface area (Å²) in [5.41, 5.74) is 7.22. The van der Waals surface area contributed by atoms with Crippen LogP contribution in [0.5, 0.6) is 5.75 Å². The van der Waals surface area contributed by atoms with Crippen molar-refractivity contribution >= 4 is 18.4 Å². The van der Waals surface area contributed by atoms with Gasteiger partial charge in [-0.3, -0.25) is 0 Å². The van der Waals surface area contributed by atoms with Crippen molar-refractivity contribution in [3.8, 4) is 29.0 Å². The maximum Gasteiger partial charge on any atom is 0.143 e. The number of ether oxygens (including phenoxy) is 1. The summed E-state index contributed by atoms with van der Waals surface area (Å²) in [6, 6.07) is 11.0. The van der Waals surface area contributed by atoms with Crippen LogP contribution in [0.2, 0.25) is 0 Å². The third kappa shape index (κ3) is 3.25. The van der Waals surface area contributed by atoms with Crippen LogP contribution in [-0.4, -0.2) is 22.3 Å². The average Bonchev–Trinajstić information content (AvgIpc) is 3.00. The van der Waals surface area contributed by atoms with Crippen molar-refractivity contribution in [2.75, 3.05) is 5.73 Å². The van der Waals surface area contributed by atoms with E-state index < -0.39 is 6.10 Å². The molecule has 0 aliphatic heterocycles. The van der Waals surface area contributed by atoms with Crippen LogP contribution >= 0.6 is 12.6 Å². The molecule has 126 valence electrons. The molecule has 25 heavy (non-hydrogen) atoms. The molecule has 0 radical (unpaired) electrons. The van der Waals surface area contributed by atoms with Crippen molar-refractivity contribution in [2.24, 2.45) is 0 Å². The zero-order valence-corrected chi connectivity index (χ0v) is 14.2. The minimum absolute atomic E-state index is 0.0379. The number of aliphatic hydroxyl groups is 1. The van der Waals surface area contributed by atoms with Gasteiger partial charge in [0.25, 0.3) is 0 Å². The summed E-state index contributed by atoms with van der Waals surface area (Å²) in [6.07, 6.45) is 1.88. The third-order valence-corrected chi connectivity index (χ3v) is 4.60. The van der Waals surface area contributed by atoms with E-state index in [9.17, 15) is 15.6 Å². The second-order valence-corrected chi connectivity index (χ2v) is 6.27. The smallest absolute Gasteiger partial charge is 0.143 e. The van der Waals surface area contributed by atoms with Crippen molar-refractivity contribution < 1.29 is 9.84 Å². The van der Waals surface area contributed by atoms with E-state index in [0.29, 0.717) is 16.9 Å². The summed E-state index contributed by atoms with van der Waals surface area (Å²) in [6.45, 7) is 0. The van der Waals surface area contributed by atoms with E-state index in [-0.39, 0.29) is 28.1 Å². The summed E-state index contributed by atoms with van der Waals surface area (Å²) in [5, 5.41) is 28.8. The van der Waals surface area contributed by atoms with E-state index in [4.69, 9.17) is 10.5 Å². The largest absolute Gasteiger partial charge is 0.488 e. The lowest BCUT2D eigenvalue weighted by molar-refractivity contribution is 0.0604. The van der Waals surface area contributed by atoms with Crippen molar-refractivity contribution in [1.82, 2.24) is 4.98 Å². The van der Waals surface area contributed by atoms with Gasteiger partial charge >= 0.3 is 0 Å². The molecule has 1 aromatic carbocycles. The predicted octanol–water partition coefficient (Wildman–Crippen LogP) is 2.66. The van der Waals surface area contributed by atoms with E-state index in [1.165, 1.54) is 0 Å². The Bertz CT molecular complexity index is 846. The van der Waals surface area contributed by atoms with E-state index in [1.807, 2.05) is 12.1 Å². The lowest BCUT2D eigenvalue weighted by atomic mass is 9.97. The van der Waals surface area contributed by atoms with Gasteiger partial charge in [-0.25, -0.2) is 4.98 Å². The molecule has 1 aliphatic rings. The number of aromatic nitrogens is 1. The molecule has 0 bridgehead atoms. The first-order chi connectivity index (χ1) is 12.0. The van der Waals surface area contributed by atoms with Gasteiger partial charge in [0, 0.05) is 5.56 Å². The van der Waals surface area contributed by atoms with Gasteiger partial charge in [0.2, 0.25) is 0 Å². The standard InChI is InChI=1S/C18H16N4O2S/c19-8-12-16(13(9-20)18(25)22-17(12)21)10-4-6-11(7-5-10)24-15-3-1-2-14(15)23/h4-7,14-15,23H,1-3H2,(H3,21,22,25). The Kier molecular flexibility index (Phi) is 4.80. The number of hydrogen-bond acceptors (Lipinski definition) is 7. The molecule has 0 amide bonds. The third-order valence-electron chi connectivity index (χ3n) is 4.28. The van der Waals surface area contributed by atoms with Gasteiger partial charge in [-0.2, -0.15) is 10.5 Å². The number of nitrogens with two attached hydrogens (primary N) is 1. The second-order valence-electron chi connectivity index (χ2n) is 5.85. The lowest BCUT2D eigenvalue weighted by Crippen LogP contribution is -2.25. The predicted molar refractivity (Wildman–Crippen MR) is 95.0 cm³/mol. The molecule has 2 atom stereocenters. The van der Waals surface area contributed by atoms with Gasteiger partial charge in [-0.15, -0.1) is 12.6 Å². The zero-order chi connectivity index (χ0) is 18.0. The van der Waals surface area contributed by atoms with Crippen LogP contribution in [0.4, 0.5) is 5.82 Å². The average molecular weight is 352 g/mol. The van der Waals surface area contributed by atoms with Gasteiger partial charge in [-0.05, 0) is 37.0 Å². The number of nitrogens with zero attached hydrogens (tertiary/aromatic N) is 3. The van der Waals surface area contributed by atoms with Gasteiger partial charge in [-0.1, -0.05) is 12.1 Å². The highest BCUT2D eigenvalue weighted by molar-refractivity contribution is 7.80. The monoisotopic (exact) mass is 352 g/mol. The highest BCUT2D eigenvalue weighted by Crippen LogP contribution is 2.34. The van der Waals surface area contributed by atoms with Crippen molar-refractivity contribution in [3.05, 3.63) is 35.4 Å². The highest BCUT2D eigenvalue weighted by Gasteiger charge is 2.27. The SMILES string of the molecule is N#Cc1c(N)nc(S)c(C#N)c1-c1ccc(OC2CCCC2O)cc1. The fourth-order valence-electron chi connectivity index (χ4n) is 3.02. The Balaban J connectivity index is 1.98.